The number of amides is 1. The molecule has 0 spiro atoms. The first-order chi connectivity index (χ1) is 12.1. The van der Waals surface area contributed by atoms with Crippen molar-refractivity contribution < 1.29 is 9.18 Å². The standard InChI is InChI=1S/C19H19ClFN3O/c1-2-6-19(25)22-11-18-23-16-9-3-4-10-17(16)24(18)12-13-14(20)7-5-8-15(13)21/h3-5,7-10H,2,6,11-12H2,1H3,(H,22,25). The molecule has 1 amide bonds. The first kappa shape index (κ1) is 17.4. The summed E-state index contributed by atoms with van der Waals surface area (Å²) in [7, 11) is 0. The lowest BCUT2D eigenvalue weighted by Gasteiger charge is -2.12. The predicted octanol–water partition coefficient (Wildman–Crippen LogP) is 4.29. The maximum atomic E-state index is 14.2. The van der Waals surface area contributed by atoms with Gasteiger partial charge in [0.05, 0.1) is 24.1 Å². The van der Waals surface area contributed by atoms with Crippen molar-refractivity contribution in [2.24, 2.45) is 0 Å². The molecule has 0 atom stereocenters. The number of nitrogens with one attached hydrogen (secondary N) is 1. The minimum atomic E-state index is -0.355. The third kappa shape index (κ3) is 3.82. The van der Waals surface area contributed by atoms with E-state index in [2.05, 4.69) is 10.3 Å². The molecule has 130 valence electrons. The maximum absolute atomic E-state index is 14.2. The van der Waals surface area contributed by atoms with E-state index in [9.17, 15) is 9.18 Å². The van der Waals surface area contributed by atoms with Crippen molar-refractivity contribution in [3.63, 3.8) is 0 Å². The lowest BCUT2D eigenvalue weighted by molar-refractivity contribution is -0.121. The van der Waals surface area contributed by atoms with Crippen molar-refractivity contribution in [2.75, 3.05) is 0 Å². The number of imidazole rings is 1. The molecule has 0 aliphatic rings. The van der Waals surface area contributed by atoms with E-state index in [1.807, 2.05) is 35.8 Å². The molecule has 0 radical (unpaired) electrons. The third-order valence-electron chi connectivity index (χ3n) is 4.03. The smallest absolute Gasteiger partial charge is 0.220 e. The van der Waals surface area contributed by atoms with Crippen LogP contribution in [0.2, 0.25) is 5.02 Å². The maximum Gasteiger partial charge on any atom is 0.220 e. The van der Waals surface area contributed by atoms with E-state index >= 15 is 0 Å². The largest absolute Gasteiger partial charge is 0.349 e. The Bertz CT molecular complexity index is 887. The molecular weight excluding hydrogens is 341 g/mol. The second kappa shape index (κ2) is 7.66. The van der Waals surface area contributed by atoms with E-state index < -0.39 is 0 Å². The van der Waals surface area contributed by atoms with Gasteiger partial charge in [-0.1, -0.05) is 36.7 Å². The molecule has 0 aliphatic heterocycles. The van der Waals surface area contributed by atoms with Crippen LogP contribution in [0.5, 0.6) is 0 Å². The molecule has 1 heterocycles. The summed E-state index contributed by atoms with van der Waals surface area (Å²) in [5.41, 5.74) is 2.09. The average molecular weight is 360 g/mol. The molecule has 0 fully saturated rings. The van der Waals surface area contributed by atoms with Gasteiger partial charge >= 0.3 is 0 Å². The quantitative estimate of drug-likeness (QED) is 0.713. The Hall–Kier alpha value is -2.40. The Morgan fingerprint density at radius 2 is 2.04 bits per heavy atom. The Kier molecular flexibility index (Phi) is 5.34. The van der Waals surface area contributed by atoms with Gasteiger partial charge < -0.3 is 9.88 Å². The zero-order chi connectivity index (χ0) is 17.8. The molecule has 6 heteroatoms. The van der Waals surface area contributed by atoms with E-state index in [-0.39, 0.29) is 18.3 Å². The lowest BCUT2D eigenvalue weighted by atomic mass is 10.2. The fourth-order valence-corrected chi connectivity index (χ4v) is 2.99. The Morgan fingerprint density at radius 3 is 2.80 bits per heavy atom. The predicted molar refractivity (Wildman–Crippen MR) is 97.0 cm³/mol. The topological polar surface area (TPSA) is 46.9 Å². The number of carbonyl (C=O) groups is 1. The van der Waals surface area contributed by atoms with E-state index in [0.29, 0.717) is 29.4 Å². The highest BCUT2D eigenvalue weighted by atomic mass is 35.5. The second-order valence-corrected chi connectivity index (χ2v) is 6.24. The number of hydrogen-bond acceptors (Lipinski definition) is 2. The molecule has 2 aromatic carbocycles. The minimum Gasteiger partial charge on any atom is -0.349 e. The van der Waals surface area contributed by atoms with Crippen LogP contribution in [-0.2, 0) is 17.9 Å². The van der Waals surface area contributed by atoms with Crippen LogP contribution in [0.25, 0.3) is 11.0 Å². The zero-order valence-electron chi connectivity index (χ0n) is 13.9. The molecule has 0 unspecified atom stereocenters. The summed E-state index contributed by atoms with van der Waals surface area (Å²) < 4.78 is 16.1. The number of aromatic nitrogens is 2. The molecular formula is C19H19ClFN3O. The fraction of sp³-hybridized carbons (Fsp3) is 0.263. The third-order valence-corrected chi connectivity index (χ3v) is 4.39. The normalized spacial score (nSPS) is 11.0. The Labute approximate surface area is 150 Å². The van der Waals surface area contributed by atoms with Crippen molar-refractivity contribution in [3.8, 4) is 0 Å². The van der Waals surface area contributed by atoms with Crippen LogP contribution >= 0.6 is 11.6 Å². The van der Waals surface area contributed by atoms with Crippen LogP contribution in [0, 0.1) is 5.82 Å². The van der Waals surface area contributed by atoms with Gasteiger partial charge in [0.1, 0.15) is 11.6 Å². The monoisotopic (exact) mass is 359 g/mol. The molecule has 4 nitrogen and oxygen atoms in total. The summed E-state index contributed by atoms with van der Waals surface area (Å²) in [4.78, 5) is 16.4. The van der Waals surface area contributed by atoms with Gasteiger partial charge in [-0.25, -0.2) is 9.37 Å². The van der Waals surface area contributed by atoms with Gasteiger partial charge in [-0.15, -0.1) is 0 Å². The van der Waals surface area contributed by atoms with Crippen molar-refractivity contribution in [3.05, 3.63) is 64.7 Å². The van der Waals surface area contributed by atoms with E-state index in [1.165, 1.54) is 6.07 Å². The van der Waals surface area contributed by atoms with Crippen LogP contribution in [-0.4, -0.2) is 15.5 Å². The number of fused-ring (bicyclic) bond motifs is 1. The summed E-state index contributed by atoms with van der Waals surface area (Å²) >= 11 is 6.18. The van der Waals surface area contributed by atoms with Crippen molar-refractivity contribution in [1.82, 2.24) is 14.9 Å². The molecule has 3 aromatic rings. The summed E-state index contributed by atoms with van der Waals surface area (Å²) in [6.45, 7) is 2.50. The van der Waals surface area contributed by atoms with Crippen molar-refractivity contribution in [2.45, 2.75) is 32.9 Å². The first-order valence-electron chi connectivity index (χ1n) is 8.24. The molecule has 25 heavy (non-hydrogen) atoms. The summed E-state index contributed by atoms with van der Waals surface area (Å²) in [5.74, 6) is 0.293. The lowest BCUT2D eigenvalue weighted by Crippen LogP contribution is -2.24. The van der Waals surface area contributed by atoms with Gasteiger partial charge in [-0.2, -0.15) is 0 Å². The van der Waals surface area contributed by atoms with Crippen LogP contribution in [0.1, 0.15) is 31.2 Å². The second-order valence-electron chi connectivity index (χ2n) is 5.83. The van der Waals surface area contributed by atoms with Gasteiger partial charge in [0.15, 0.2) is 0 Å². The molecule has 3 rings (SSSR count). The number of hydrogen-bond donors (Lipinski definition) is 1. The van der Waals surface area contributed by atoms with Crippen LogP contribution < -0.4 is 5.32 Å². The van der Waals surface area contributed by atoms with Gasteiger partial charge in [0.2, 0.25) is 5.91 Å². The molecule has 0 bridgehead atoms. The van der Waals surface area contributed by atoms with Crippen molar-refractivity contribution in [1.29, 1.82) is 0 Å². The van der Waals surface area contributed by atoms with E-state index in [0.717, 1.165) is 17.5 Å². The van der Waals surface area contributed by atoms with E-state index in [1.54, 1.807) is 12.1 Å². The van der Waals surface area contributed by atoms with Gasteiger partial charge in [0, 0.05) is 17.0 Å². The van der Waals surface area contributed by atoms with Gasteiger partial charge in [0.25, 0.3) is 0 Å². The number of rotatable bonds is 6. The highest BCUT2D eigenvalue weighted by Crippen LogP contribution is 2.24. The number of nitrogens with zero attached hydrogens (tertiary/aromatic N) is 2. The summed E-state index contributed by atoms with van der Waals surface area (Å²) in [6.07, 6.45) is 1.26. The first-order valence-corrected chi connectivity index (χ1v) is 8.61. The van der Waals surface area contributed by atoms with Crippen LogP contribution in [0.4, 0.5) is 4.39 Å². The van der Waals surface area contributed by atoms with Crippen LogP contribution in [0.15, 0.2) is 42.5 Å². The summed E-state index contributed by atoms with van der Waals surface area (Å²) in [5, 5.41) is 3.24. The molecule has 0 saturated heterocycles. The SMILES string of the molecule is CCCC(=O)NCc1nc2ccccc2n1Cc1c(F)cccc1Cl. The van der Waals surface area contributed by atoms with Gasteiger partial charge in [-0.05, 0) is 30.7 Å². The van der Waals surface area contributed by atoms with Crippen LogP contribution in [0.3, 0.4) is 0 Å². The fourth-order valence-electron chi connectivity index (χ4n) is 2.77. The number of carbonyl (C=O) groups excluding carboxylic acids is 1. The summed E-state index contributed by atoms with van der Waals surface area (Å²) in [6, 6.07) is 12.3. The van der Waals surface area contributed by atoms with E-state index in [4.69, 9.17) is 11.6 Å². The number of halogens is 2. The zero-order valence-corrected chi connectivity index (χ0v) is 14.7. The molecule has 1 aromatic heterocycles. The highest BCUT2D eigenvalue weighted by Gasteiger charge is 2.15. The Balaban J connectivity index is 1.97. The number of benzene rings is 2. The molecule has 1 N–H and O–H groups in total. The number of para-hydroxylation sites is 2. The minimum absolute atomic E-state index is 0.0231. The highest BCUT2D eigenvalue weighted by molar-refractivity contribution is 6.31. The van der Waals surface area contributed by atoms with Gasteiger partial charge in [-0.3, -0.25) is 4.79 Å². The molecule has 0 aliphatic carbocycles. The average Bonchev–Trinajstić information content (AvgIpc) is 2.94. The Morgan fingerprint density at radius 1 is 1.24 bits per heavy atom. The van der Waals surface area contributed by atoms with Crippen molar-refractivity contribution >= 4 is 28.5 Å². The molecule has 0 saturated carbocycles.